The second kappa shape index (κ2) is 8.95. The van der Waals surface area contributed by atoms with Gasteiger partial charge in [0.05, 0.1) is 4.90 Å². The Hall–Kier alpha value is -2.41. The molecule has 3 aromatic carbocycles. The lowest BCUT2D eigenvalue weighted by atomic mass is 10.1. The van der Waals surface area contributed by atoms with E-state index in [9.17, 15) is 8.42 Å². The van der Waals surface area contributed by atoms with E-state index in [2.05, 4.69) is 38.8 Å². The summed E-state index contributed by atoms with van der Waals surface area (Å²) in [7, 11) is -3.48. The first-order valence-corrected chi connectivity index (χ1v) is 11.6. The minimum absolute atomic E-state index is 0.327. The van der Waals surface area contributed by atoms with Crippen LogP contribution in [0.4, 0.5) is 5.69 Å². The molecule has 1 aliphatic heterocycles. The fraction of sp³-hybridized carbons (Fsp3) is 0.304. The Bertz CT molecular complexity index is 1050. The van der Waals surface area contributed by atoms with E-state index >= 15 is 0 Å². The summed E-state index contributed by atoms with van der Waals surface area (Å²) in [5, 5.41) is 1.98. The molecular weight excluding hydrogens is 382 g/mol. The Balaban J connectivity index is 1.24. The van der Waals surface area contributed by atoms with Crippen molar-refractivity contribution >= 4 is 26.5 Å². The molecular formula is C23H27N3O2S. The maximum absolute atomic E-state index is 12.6. The highest BCUT2D eigenvalue weighted by atomic mass is 32.2. The monoisotopic (exact) mass is 409 g/mol. The van der Waals surface area contributed by atoms with E-state index in [1.807, 2.05) is 36.4 Å². The second-order valence-electron chi connectivity index (χ2n) is 7.42. The van der Waals surface area contributed by atoms with Gasteiger partial charge in [-0.05, 0) is 48.0 Å². The lowest BCUT2D eigenvalue weighted by molar-refractivity contribution is 0.255. The van der Waals surface area contributed by atoms with E-state index in [0.29, 0.717) is 11.4 Å². The average Bonchev–Trinajstić information content (AvgIpc) is 2.77. The molecule has 1 fully saturated rings. The maximum Gasteiger partial charge on any atom is 0.240 e. The molecule has 0 amide bonds. The van der Waals surface area contributed by atoms with Crippen molar-refractivity contribution in [1.29, 1.82) is 0 Å². The number of nitrogens with zero attached hydrogens (tertiary/aromatic N) is 2. The van der Waals surface area contributed by atoms with Crippen molar-refractivity contribution in [3.8, 4) is 0 Å². The van der Waals surface area contributed by atoms with Gasteiger partial charge in [-0.25, -0.2) is 13.1 Å². The molecule has 1 aliphatic rings. The molecule has 1 saturated heterocycles. The third kappa shape index (κ3) is 4.96. The number of benzene rings is 3. The van der Waals surface area contributed by atoms with Gasteiger partial charge in [-0.2, -0.15) is 0 Å². The van der Waals surface area contributed by atoms with Crippen LogP contribution in [0.1, 0.15) is 6.42 Å². The summed E-state index contributed by atoms with van der Waals surface area (Å²) in [6, 6.07) is 23.5. The number of hydrogen-bond acceptors (Lipinski definition) is 4. The summed E-state index contributed by atoms with van der Waals surface area (Å²) >= 11 is 0. The molecule has 0 spiro atoms. The van der Waals surface area contributed by atoms with Crippen LogP contribution in [0.3, 0.4) is 0 Å². The van der Waals surface area contributed by atoms with Crippen molar-refractivity contribution in [3.05, 3.63) is 72.8 Å². The van der Waals surface area contributed by atoms with Gasteiger partial charge in [-0.1, -0.05) is 48.5 Å². The molecule has 5 nitrogen and oxygen atoms in total. The fourth-order valence-electron chi connectivity index (χ4n) is 3.80. The summed E-state index contributed by atoms with van der Waals surface area (Å²) in [6.45, 7) is 5.38. The molecule has 0 aromatic heterocycles. The number of fused-ring (bicyclic) bond motifs is 1. The quantitative estimate of drug-likeness (QED) is 0.608. The molecule has 0 atom stereocenters. The van der Waals surface area contributed by atoms with Gasteiger partial charge < -0.3 is 4.90 Å². The molecule has 3 aromatic rings. The Labute approximate surface area is 173 Å². The fourth-order valence-corrected chi connectivity index (χ4v) is 4.90. The molecule has 0 aliphatic carbocycles. The molecule has 0 unspecified atom stereocenters. The van der Waals surface area contributed by atoms with Gasteiger partial charge >= 0.3 is 0 Å². The van der Waals surface area contributed by atoms with Gasteiger partial charge in [0.2, 0.25) is 10.0 Å². The van der Waals surface area contributed by atoms with Gasteiger partial charge in [0, 0.05) is 38.4 Å². The highest BCUT2D eigenvalue weighted by Crippen LogP contribution is 2.19. The Morgan fingerprint density at radius 2 is 1.48 bits per heavy atom. The molecule has 0 bridgehead atoms. The van der Waals surface area contributed by atoms with Crippen molar-refractivity contribution in [2.75, 3.05) is 44.2 Å². The van der Waals surface area contributed by atoms with Gasteiger partial charge in [-0.15, -0.1) is 0 Å². The minimum Gasteiger partial charge on any atom is -0.369 e. The van der Waals surface area contributed by atoms with E-state index in [1.54, 1.807) is 12.1 Å². The molecule has 1 N–H and O–H groups in total. The summed E-state index contributed by atoms with van der Waals surface area (Å²) in [5.74, 6) is 0. The molecule has 6 heteroatoms. The molecule has 0 saturated carbocycles. The zero-order valence-corrected chi connectivity index (χ0v) is 17.3. The molecule has 4 rings (SSSR count). The number of para-hydroxylation sites is 1. The lowest BCUT2D eigenvalue weighted by Crippen LogP contribution is -2.47. The van der Waals surface area contributed by atoms with Crippen LogP contribution >= 0.6 is 0 Å². The van der Waals surface area contributed by atoms with Crippen molar-refractivity contribution in [2.24, 2.45) is 0 Å². The number of sulfonamides is 1. The largest absolute Gasteiger partial charge is 0.369 e. The lowest BCUT2D eigenvalue weighted by Gasteiger charge is -2.36. The summed E-state index contributed by atoms with van der Waals surface area (Å²) in [6.07, 6.45) is 0.804. The third-order valence-corrected chi connectivity index (χ3v) is 6.93. The summed E-state index contributed by atoms with van der Waals surface area (Å²) in [5.41, 5.74) is 1.27. The van der Waals surface area contributed by atoms with Crippen LogP contribution in [0.15, 0.2) is 77.7 Å². The van der Waals surface area contributed by atoms with Crippen molar-refractivity contribution in [1.82, 2.24) is 9.62 Å². The summed E-state index contributed by atoms with van der Waals surface area (Å²) in [4.78, 5) is 5.13. The van der Waals surface area contributed by atoms with E-state index in [4.69, 9.17) is 0 Å². The Kier molecular flexibility index (Phi) is 6.13. The first-order valence-electron chi connectivity index (χ1n) is 10.1. The smallest absolute Gasteiger partial charge is 0.240 e. The predicted octanol–water partition coefficient (Wildman–Crippen LogP) is 3.33. The van der Waals surface area contributed by atoms with E-state index in [-0.39, 0.29) is 0 Å². The van der Waals surface area contributed by atoms with E-state index in [0.717, 1.165) is 49.9 Å². The van der Waals surface area contributed by atoms with Crippen LogP contribution < -0.4 is 9.62 Å². The van der Waals surface area contributed by atoms with Crippen LogP contribution in [0.25, 0.3) is 10.8 Å². The van der Waals surface area contributed by atoms with E-state index < -0.39 is 10.0 Å². The Morgan fingerprint density at radius 3 is 2.24 bits per heavy atom. The number of nitrogens with one attached hydrogen (secondary N) is 1. The first kappa shape index (κ1) is 19.9. The van der Waals surface area contributed by atoms with Crippen LogP contribution in [0.5, 0.6) is 0 Å². The molecule has 29 heavy (non-hydrogen) atoms. The van der Waals surface area contributed by atoms with Crippen molar-refractivity contribution < 1.29 is 8.42 Å². The SMILES string of the molecule is O=S(=O)(NCCCN1CCN(c2ccccc2)CC1)c1ccc2ccccc2c1. The minimum atomic E-state index is -3.48. The van der Waals surface area contributed by atoms with Crippen LogP contribution in [-0.4, -0.2) is 52.6 Å². The number of rotatable bonds is 7. The normalized spacial score (nSPS) is 15.7. The van der Waals surface area contributed by atoms with Crippen LogP contribution in [0.2, 0.25) is 0 Å². The van der Waals surface area contributed by atoms with Crippen molar-refractivity contribution in [3.63, 3.8) is 0 Å². The highest BCUT2D eigenvalue weighted by molar-refractivity contribution is 7.89. The molecule has 152 valence electrons. The number of hydrogen-bond donors (Lipinski definition) is 1. The maximum atomic E-state index is 12.6. The number of piperazine rings is 1. The topological polar surface area (TPSA) is 52.7 Å². The second-order valence-corrected chi connectivity index (χ2v) is 9.19. The first-order chi connectivity index (χ1) is 14.1. The van der Waals surface area contributed by atoms with E-state index in [1.165, 1.54) is 5.69 Å². The van der Waals surface area contributed by atoms with Gasteiger partial charge in [-0.3, -0.25) is 4.90 Å². The zero-order chi connectivity index (χ0) is 20.1. The third-order valence-electron chi connectivity index (χ3n) is 5.47. The van der Waals surface area contributed by atoms with Gasteiger partial charge in [0.15, 0.2) is 0 Å². The molecule has 1 heterocycles. The van der Waals surface area contributed by atoms with Crippen LogP contribution in [0, 0.1) is 0 Å². The Morgan fingerprint density at radius 1 is 0.793 bits per heavy atom. The summed E-state index contributed by atoms with van der Waals surface area (Å²) < 4.78 is 27.9. The van der Waals surface area contributed by atoms with Gasteiger partial charge in [0.25, 0.3) is 0 Å². The van der Waals surface area contributed by atoms with Crippen molar-refractivity contribution in [2.45, 2.75) is 11.3 Å². The van der Waals surface area contributed by atoms with Crippen LogP contribution in [-0.2, 0) is 10.0 Å². The van der Waals surface area contributed by atoms with Gasteiger partial charge in [0.1, 0.15) is 0 Å². The standard InChI is InChI=1S/C23H27N3O2S/c27-29(28,23-12-11-20-7-4-5-8-21(20)19-23)24-13-6-14-25-15-17-26(18-16-25)22-9-2-1-3-10-22/h1-5,7-12,19,24H,6,13-18H2. The molecule has 0 radical (unpaired) electrons. The number of anilines is 1. The highest BCUT2D eigenvalue weighted by Gasteiger charge is 2.17. The zero-order valence-electron chi connectivity index (χ0n) is 16.5. The average molecular weight is 410 g/mol. The predicted molar refractivity (Wildman–Crippen MR) is 119 cm³/mol.